The molecule has 1 aliphatic heterocycles. The van der Waals surface area contributed by atoms with Gasteiger partial charge in [0.25, 0.3) is 0 Å². The molecule has 3 nitrogen and oxygen atoms in total. The number of aryl methyl sites for hydroxylation is 1. The Kier molecular flexibility index (Phi) is 6.52. The highest BCUT2D eigenvalue weighted by molar-refractivity contribution is 5.55. The first-order chi connectivity index (χ1) is 10.2. The van der Waals surface area contributed by atoms with Crippen molar-refractivity contribution in [1.82, 2.24) is 5.32 Å². The Morgan fingerprint density at radius 2 is 2.19 bits per heavy atom. The van der Waals surface area contributed by atoms with Gasteiger partial charge in [0.1, 0.15) is 0 Å². The van der Waals surface area contributed by atoms with E-state index in [1.54, 1.807) is 0 Å². The normalized spacial score (nSPS) is 18.1. The fourth-order valence-corrected chi connectivity index (χ4v) is 3.00. The first-order valence-electron chi connectivity index (χ1n) is 8.41. The quantitative estimate of drug-likeness (QED) is 0.742. The summed E-state index contributed by atoms with van der Waals surface area (Å²) in [5.74, 6) is 0. The highest BCUT2D eigenvalue weighted by atomic mass is 16.5. The molecule has 0 aliphatic carbocycles. The van der Waals surface area contributed by atoms with Gasteiger partial charge in [0.2, 0.25) is 0 Å². The molecule has 0 spiro atoms. The summed E-state index contributed by atoms with van der Waals surface area (Å²) in [6, 6.07) is 6.81. The fourth-order valence-electron chi connectivity index (χ4n) is 3.00. The van der Waals surface area contributed by atoms with Crippen LogP contribution in [0.2, 0.25) is 0 Å². The Morgan fingerprint density at radius 1 is 1.33 bits per heavy atom. The Morgan fingerprint density at radius 3 is 2.86 bits per heavy atom. The van der Waals surface area contributed by atoms with Crippen LogP contribution in [-0.4, -0.2) is 32.3 Å². The maximum atomic E-state index is 5.81. The summed E-state index contributed by atoms with van der Waals surface area (Å²) in [5.41, 5.74) is 4.10. The van der Waals surface area contributed by atoms with Crippen LogP contribution in [0.3, 0.4) is 0 Å². The van der Waals surface area contributed by atoms with Crippen molar-refractivity contribution in [3.05, 3.63) is 29.3 Å². The summed E-state index contributed by atoms with van der Waals surface area (Å²) in [7, 11) is 0. The van der Waals surface area contributed by atoms with E-state index in [0.717, 1.165) is 32.8 Å². The van der Waals surface area contributed by atoms with Gasteiger partial charge in [-0.15, -0.1) is 0 Å². The van der Waals surface area contributed by atoms with Crippen molar-refractivity contribution < 1.29 is 4.74 Å². The number of hydrogen-bond donors (Lipinski definition) is 1. The molecule has 0 bridgehead atoms. The minimum Gasteiger partial charge on any atom is -0.376 e. The second-order valence-corrected chi connectivity index (χ2v) is 5.98. The van der Waals surface area contributed by atoms with E-state index in [9.17, 15) is 0 Å². The lowest BCUT2D eigenvalue weighted by Crippen LogP contribution is -2.33. The molecule has 1 heterocycles. The van der Waals surface area contributed by atoms with Crippen molar-refractivity contribution in [1.29, 1.82) is 0 Å². The van der Waals surface area contributed by atoms with Crippen molar-refractivity contribution in [2.75, 3.05) is 31.1 Å². The van der Waals surface area contributed by atoms with E-state index in [2.05, 4.69) is 49.2 Å². The highest BCUT2D eigenvalue weighted by Crippen LogP contribution is 2.24. The maximum absolute atomic E-state index is 5.81. The van der Waals surface area contributed by atoms with E-state index >= 15 is 0 Å². The Hall–Kier alpha value is -1.06. The second-order valence-electron chi connectivity index (χ2n) is 5.98. The molecule has 1 aromatic carbocycles. The molecule has 21 heavy (non-hydrogen) atoms. The number of nitrogens with one attached hydrogen (secondary N) is 1. The largest absolute Gasteiger partial charge is 0.376 e. The van der Waals surface area contributed by atoms with E-state index in [1.165, 1.54) is 36.1 Å². The minimum absolute atomic E-state index is 0.405. The molecule has 1 aliphatic rings. The summed E-state index contributed by atoms with van der Waals surface area (Å²) in [5, 5.41) is 3.53. The molecule has 0 aromatic heterocycles. The molecular weight excluding hydrogens is 260 g/mol. The molecule has 1 atom stereocenters. The summed E-state index contributed by atoms with van der Waals surface area (Å²) >= 11 is 0. The van der Waals surface area contributed by atoms with E-state index in [1.807, 2.05) is 0 Å². The lowest BCUT2D eigenvalue weighted by molar-refractivity contribution is 0.115. The smallest absolute Gasteiger partial charge is 0.0750 e. The van der Waals surface area contributed by atoms with E-state index < -0.39 is 0 Å². The van der Waals surface area contributed by atoms with Crippen LogP contribution >= 0.6 is 0 Å². The van der Waals surface area contributed by atoms with Crippen molar-refractivity contribution in [2.45, 2.75) is 52.7 Å². The minimum atomic E-state index is 0.405. The third-order valence-electron chi connectivity index (χ3n) is 4.15. The monoisotopic (exact) mass is 290 g/mol. The number of ether oxygens (including phenoxy) is 1. The highest BCUT2D eigenvalue weighted by Gasteiger charge is 2.20. The molecular formula is C18H30N2O. The molecule has 1 aromatic rings. The Labute approximate surface area is 129 Å². The third kappa shape index (κ3) is 4.72. The van der Waals surface area contributed by atoms with Crippen molar-refractivity contribution >= 4 is 5.69 Å². The lowest BCUT2D eigenvalue weighted by atomic mass is 10.1. The standard InChI is InChI=1S/C18H30N2O/c1-4-10-19-13-16-12-15(3)8-9-18(16)20(5-2)14-17-7-6-11-21-17/h8-9,12,17,19H,4-7,10-11,13-14H2,1-3H3. The fraction of sp³-hybridized carbons (Fsp3) is 0.667. The van der Waals surface area contributed by atoms with Gasteiger partial charge in [0.05, 0.1) is 6.10 Å². The SMILES string of the molecule is CCCNCc1cc(C)ccc1N(CC)CC1CCCO1. The van der Waals surface area contributed by atoms with Crippen LogP contribution in [0.15, 0.2) is 18.2 Å². The van der Waals surface area contributed by atoms with Crippen LogP contribution in [-0.2, 0) is 11.3 Å². The Balaban J connectivity index is 2.10. The molecule has 3 heteroatoms. The van der Waals surface area contributed by atoms with E-state index in [0.29, 0.717) is 6.10 Å². The average Bonchev–Trinajstić information content (AvgIpc) is 2.99. The third-order valence-corrected chi connectivity index (χ3v) is 4.15. The first-order valence-corrected chi connectivity index (χ1v) is 8.41. The molecule has 1 saturated heterocycles. The zero-order valence-electron chi connectivity index (χ0n) is 13.8. The number of anilines is 1. The molecule has 0 radical (unpaired) electrons. The summed E-state index contributed by atoms with van der Waals surface area (Å²) in [6.45, 7) is 11.6. The zero-order chi connectivity index (χ0) is 15.1. The number of benzene rings is 1. The number of nitrogens with zero attached hydrogens (tertiary/aromatic N) is 1. The van der Waals surface area contributed by atoms with Gasteiger partial charge in [0, 0.05) is 31.9 Å². The maximum Gasteiger partial charge on any atom is 0.0750 e. The van der Waals surface area contributed by atoms with Gasteiger partial charge in [-0.2, -0.15) is 0 Å². The Bertz CT molecular complexity index is 427. The van der Waals surface area contributed by atoms with Gasteiger partial charge in [0.15, 0.2) is 0 Å². The van der Waals surface area contributed by atoms with Gasteiger partial charge < -0.3 is 15.0 Å². The molecule has 1 fully saturated rings. The molecule has 118 valence electrons. The van der Waals surface area contributed by atoms with Gasteiger partial charge >= 0.3 is 0 Å². The predicted molar refractivity (Wildman–Crippen MR) is 90.0 cm³/mol. The predicted octanol–water partition coefficient (Wildman–Crippen LogP) is 3.50. The first kappa shape index (κ1) is 16.3. The van der Waals surface area contributed by atoms with Crippen LogP contribution in [0, 0.1) is 6.92 Å². The zero-order valence-corrected chi connectivity index (χ0v) is 13.8. The molecule has 2 rings (SSSR count). The number of hydrogen-bond acceptors (Lipinski definition) is 3. The van der Waals surface area contributed by atoms with Crippen LogP contribution < -0.4 is 10.2 Å². The van der Waals surface area contributed by atoms with Crippen LogP contribution in [0.4, 0.5) is 5.69 Å². The molecule has 0 saturated carbocycles. The second kappa shape index (κ2) is 8.40. The van der Waals surface area contributed by atoms with Crippen molar-refractivity contribution in [2.24, 2.45) is 0 Å². The number of likely N-dealkylation sites (N-methyl/N-ethyl adjacent to an activating group) is 1. The number of rotatable bonds is 8. The summed E-state index contributed by atoms with van der Waals surface area (Å²) in [6.07, 6.45) is 3.99. The summed E-state index contributed by atoms with van der Waals surface area (Å²) in [4.78, 5) is 2.47. The van der Waals surface area contributed by atoms with Gasteiger partial charge in [-0.1, -0.05) is 24.6 Å². The molecule has 1 unspecified atom stereocenters. The van der Waals surface area contributed by atoms with Gasteiger partial charge in [-0.25, -0.2) is 0 Å². The van der Waals surface area contributed by atoms with Crippen molar-refractivity contribution in [3.8, 4) is 0 Å². The van der Waals surface area contributed by atoms with E-state index in [-0.39, 0.29) is 0 Å². The average molecular weight is 290 g/mol. The van der Waals surface area contributed by atoms with Crippen LogP contribution in [0.25, 0.3) is 0 Å². The van der Waals surface area contributed by atoms with Crippen LogP contribution in [0.5, 0.6) is 0 Å². The lowest BCUT2D eigenvalue weighted by Gasteiger charge is -2.28. The van der Waals surface area contributed by atoms with Gasteiger partial charge in [-0.3, -0.25) is 0 Å². The van der Waals surface area contributed by atoms with Gasteiger partial charge in [-0.05, 0) is 51.3 Å². The van der Waals surface area contributed by atoms with Crippen LogP contribution in [0.1, 0.15) is 44.2 Å². The molecule has 0 amide bonds. The summed E-state index contributed by atoms with van der Waals surface area (Å²) < 4.78 is 5.81. The topological polar surface area (TPSA) is 24.5 Å². The molecule has 1 N–H and O–H groups in total. The van der Waals surface area contributed by atoms with E-state index in [4.69, 9.17) is 4.74 Å². The van der Waals surface area contributed by atoms with Crippen molar-refractivity contribution in [3.63, 3.8) is 0 Å².